The van der Waals surface area contributed by atoms with Crippen molar-refractivity contribution in [1.29, 1.82) is 0 Å². The fraction of sp³-hybridized carbons (Fsp3) is 0.150. The van der Waals surface area contributed by atoms with E-state index in [0.717, 1.165) is 46.6 Å². The number of nitrogens with zero attached hydrogens (tertiary/aromatic N) is 2. The zero-order valence-corrected chi connectivity index (χ0v) is 15.8. The molecule has 5 nitrogen and oxygen atoms in total. The van der Waals surface area contributed by atoms with E-state index >= 15 is 0 Å². The van der Waals surface area contributed by atoms with Gasteiger partial charge in [0.2, 0.25) is 5.91 Å². The minimum absolute atomic E-state index is 0.000577. The molecule has 1 saturated carbocycles. The third-order valence-electron chi connectivity index (χ3n) is 4.98. The molecule has 134 valence electrons. The molecule has 0 saturated heterocycles. The number of benzene rings is 2. The normalized spacial score (nSPS) is 15.0. The Morgan fingerprint density at radius 2 is 2.11 bits per heavy atom. The molecule has 7 heteroatoms. The number of imidazole rings is 1. The van der Waals surface area contributed by atoms with Gasteiger partial charge in [-0.2, -0.15) is 0 Å². The van der Waals surface area contributed by atoms with Gasteiger partial charge in [-0.1, -0.05) is 23.7 Å². The second-order valence-corrected chi connectivity index (χ2v) is 7.89. The van der Waals surface area contributed by atoms with Crippen LogP contribution >= 0.6 is 22.9 Å². The number of carbonyl (C=O) groups excluding carboxylic acids is 1. The molecule has 0 spiro atoms. The van der Waals surface area contributed by atoms with Crippen LogP contribution in [0.5, 0.6) is 0 Å². The number of aromatic amines is 1. The Morgan fingerprint density at radius 1 is 1.22 bits per heavy atom. The number of hydrogen-bond acceptors (Lipinski definition) is 4. The first-order valence-electron chi connectivity index (χ1n) is 8.60. The Balaban J connectivity index is 1.42. The minimum Gasteiger partial charge on any atom is -0.337 e. The molecule has 5 rings (SSSR count). The summed E-state index contributed by atoms with van der Waals surface area (Å²) in [4.78, 5) is 25.1. The second-order valence-electron chi connectivity index (χ2n) is 6.74. The van der Waals surface area contributed by atoms with Gasteiger partial charge in [0.25, 0.3) is 0 Å². The van der Waals surface area contributed by atoms with E-state index in [0.29, 0.717) is 5.02 Å². The molecule has 1 amide bonds. The van der Waals surface area contributed by atoms with Crippen LogP contribution in [-0.2, 0) is 10.2 Å². The van der Waals surface area contributed by atoms with E-state index in [1.54, 1.807) is 5.51 Å². The molecule has 0 unspecified atom stereocenters. The van der Waals surface area contributed by atoms with Gasteiger partial charge in [0.05, 0.1) is 22.0 Å². The molecule has 0 aliphatic heterocycles. The summed E-state index contributed by atoms with van der Waals surface area (Å²) in [5, 5.41) is 5.65. The predicted octanol–water partition coefficient (Wildman–Crippen LogP) is 5.01. The summed E-state index contributed by atoms with van der Waals surface area (Å²) in [6.07, 6.45) is 1.66. The SMILES string of the molecule is O=C(Nc1ccc2[nH]c(-c3cscn3)nc2c1)C1(c2cccc(Cl)c2)CC1. The maximum absolute atomic E-state index is 12.9. The monoisotopic (exact) mass is 394 g/mol. The summed E-state index contributed by atoms with van der Waals surface area (Å²) >= 11 is 7.63. The molecule has 1 aliphatic carbocycles. The molecule has 0 radical (unpaired) electrons. The van der Waals surface area contributed by atoms with Gasteiger partial charge in [0, 0.05) is 16.1 Å². The van der Waals surface area contributed by atoms with E-state index in [-0.39, 0.29) is 5.91 Å². The van der Waals surface area contributed by atoms with Crippen molar-refractivity contribution < 1.29 is 4.79 Å². The number of rotatable bonds is 4. The summed E-state index contributed by atoms with van der Waals surface area (Å²) in [5.74, 6) is 0.728. The predicted molar refractivity (Wildman–Crippen MR) is 108 cm³/mol. The first kappa shape index (κ1) is 16.5. The van der Waals surface area contributed by atoms with E-state index in [4.69, 9.17) is 11.6 Å². The van der Waals surface area contributed by atoms with Crippen LogP contribution in [0.3, 0.4) is 0 Å². The summed E-state index contributed by atoms with van der Waals surface area (Å²) < 4.78 is 0. The summed E-state index contributed by atoms with van der Waals surface area (Å²) in [5.41, 5.74) is 5.53. The third-order valence-corrected chi connectivity index (χ3v) is 5.80. The average Bonchev–Trinajstić information content (AvgIpc) is 3.10. The van der Waals surface area contributed by atoms with E-state index in [2.05, 4.69) is 20.3 Å². The van der Waals surface area contributed by atoms with Crippen LogP contribution in [0.4, 0.5) is 5.69 Å². The quantitative estimate of drug-likeness (QED) is 0.511. The third kappa shape index (κ3) is 2.91. The van der Waals surface area contributed by atoms with Gasteiger partial charge in [0.15, 0.2) is 5.82 Å². The zero-order chi connectivity index (χ0) is 18.4. The smallest absolute Gasteiger partial charge is 0.235 e. The summed E-state index contributed by atoms with van der Waals surface area (Å²) in [6.45, 7) is 0. The molecule has 1 fully saturated rings. The lowest BCUT2D eigenvalue weighted by Crippen LogP contribution is -2.27. The number of nitrogens with one attached hydrogen (secondary N) is 2. The molecule has 2 aromatic heterocycles. The molecule has 2 N–H and O–H groups in total. The van der Waals surface area contributed by atoms with Crippen LogP contribution in [0.1, 0.15) is 18.4 Å². The number of fused-ring (bicyclic) bond motifs is 1. The molecule has 4 aromatic rings. The number of anilines is 1. The highest BCUT2D eigenvalue weighted by molar-refractivity contribution is 7.07. The van der Waals surface area contributed by atoms with E-state index < -0.39 is 5.41 Å². The maximum Gasteiger partial charge on any atom is 0.235 e. The highest BCUT2D eigenvalue weighted by atomic mass is 35.5. The highest BCUT2D eigenvalue weighted by Crippen LogP contribution is 2.49. The Hall–Kier alpha value is -2.70. The molecule has 0 bridgehead atoms. The van der Waals surface area contributed by atoms with E-state index in [1.807, 2.05) is 47.8 Å². The largest absolute Gasteiger partial charge is 0.337 e. The van der Waals surface area contributed by atoms with E-state index in [1.165, 1.54) is 11.3 Å². The van der Waals surface area contributed by atoms with Crippen LogP contribution in [0.2, 0.25) is 5.02 Å². The molecule has 0 atom stereocenters. The lowest BCUT2D eigenvalue weighted by Gasteiger charge is -2.16. The Kier molecular flexibility index (Phi) is 3.77. The Bertz CT molecular complexity index is 1150. The first-order valence-corrected chi connectivity index (χ1v) is 9.92. The van der Waals surface area contributed by atoms with Crippen LogP contribution in [0.15, 0.2) is 53.4 Å². The van der Waals surface area contributed by atoms with Crippen molar-refractivity contribution in [1.82, 2.24) is 15.0 Å². The molecule has 27 heavy (non-hydrogen) atoms. The van der Waals surface area contributed by atoms with Crippen LogP contribution in [-0.4, -0.2) is 20.9 Å². The molecule has 2 heterocycles. The van der Waals surface area contributed by atoms with Gasteiger partial charge < -0.3 is 10.3 Å². The van der Waals surface area contributed by atoms with Crippen molar-refractivity contribution in [3.63, 3.8) is 0 Å². The lowest BCUT2D eigenvalue weighted by molar-refractivity contribution is -0.118. The number of carbonyl (C=O) groups is 1. The number of amides is 1. The van der Waals surface area contributed by atoms with Gasteiger partial charge in [-0.3, -0.25) is 4.79 Å². The standard InChI is InChI=1S/C20H15ClN4OS/c21-13-3-1-2-12(8-13)20(6-7-20)19(26)23-14-4-5-15-16(9-14)25-18(24-15)17-10-27-11-22-17/h1-5,8-11H,6-7H2,(H,23,26)(H,24,25). The first-order chi connectivity index (χ1) is 13.1. The van der Waals surface area contributed by atoms with Crippen LogP contribution in [0, 0.1) is 0 Å². The van der Waals surface area contributed by atoms with E-state index in [9.17, 15) is 4.79 Å². The molecular weight excluding hydrogens is 380 g/mol. The number of thiazole rings is 1. The van der Waals surface area contributed by atoms with Crippen LogP contribution in [0.25, 0.3) is 22.6 Å². The Morgan fingerprint density at radius 3 is 2.85 bits per heavy atom. The zero-order valence-electron chi connectivity index (χ0n) is 14.2. The van der Waals surface area contributed by atoms with Gasteiger partial charge in [-0.05, 0) is 48.7 Å². The lowest BCUT2D eigenvalue weighted by atomic mass is 9.95. The topological polar surface area (TPSA) is 70.7 Å². The number of halogens is 1. The molecule has 1 aliphatic rings. The average molecular weight is 395 g/mol. The Labute approximate surface area is 164 Å². The molecular formula is C20H15ClN4OS. The van der Waals surface area contributed by atoms with Crippen molar-refractivity contribution in [3.8, 4) is 11.5 Å². The molecule has 2 aromatic carbocycles. The number of aromatic nitrogens is 3. The van der Waals surface area contributed by atoms with Crippen molar-refractivity contribution >= 4 is 45.6 Å². The van der Waals surface area contributed by atoms with Crippen molar-refractivity contribution in [2.45, 2.75) is 18.3 Å². The van der Waals surface area contributed by atoms with Gasteiger partial charge in [0.1, 0.15) is 5.69 Å². The van der Waals surface area contributed by atoms with Crippen molar-refractivity contribution in [2.75, 3.05) is 5.32 Å². The van der Waals surface area contributed by atoms with Gasteiger partial charge >= 0.3 is 0 Å². The summed E-state index contributed by atoms with van der Waals surface area (Å²) in [6, 6.07) is 13.3. The van der Waals surface area contributed by atoms with Crippen LogP contribution < -0.4 is 5.32 Å². The van der Waals surface area contributed by atoms with Gasteiger partial charge in [-0.25, -0.2) is 9.97 Å². The maximum atomic E-state index is 12.9. The number of H-pyrrole nitrogens is 1. The second kappa shape index (κ2) is 6.18. The van der Waals surface area contributed by atoms with Gasteiger partial charge in [-0.15, -0.1) is 11.3 Å². The number of hydrogen-bond donors (Lipinski definition) is 2. The highest BCUT2D eigenvalue weighted by Gasteiger charge is 2.51. The van der Waals surface area contributed by atoms with Crippen molar-refractivity contribution in [2.24, 2.45) is 0 Å². The minimum atomic E-state index is -0.475. The van der Waals surface area contributed by atoms with Crippen molar-refractivity contribution in [3.05, 3.63) is 63.9 Å². The fourth-order valence-corrected chi connectivity index (χ4v) is 4.07. The fourth-order valence-electron chi connectivity index (χ4n) is 3.34. The summed E-state index contributed by atoms with van der Waals surface area (Å²) in [7, 11) is 0.